The van der Waals surface area contributed by atoms with Crippen molar-refractivity contribution >= 4 is 5.91 Å². The number of hydrogen-bond acceptors (Lipinski definition) is 7. The maximum Gasteiger partial charge on any atom is 0.316 e. The molecule has 0 unspecified atom stereocenters. The van der Waals surface area contributed by atoms with Crippen LogP contribution in [0.3, 0.4) is 0 Å². The van der Waals surface area contributed by atoms with Gasteiger partial charge in [-0.3, -0.25) is 4.79 Å². The third-order valence-corrected chi connectivity index (χ3v) is 4.98. The van der Waals surface area contributed by atoms with Gasteiger partial charge in [-0.15, -0.1) is 0 Å². The fourth-order valence-electron chi connectivity index (χ4n) is 3.40. The van der Waals surface area contributed by atoms with Crippen molar-refractivity contribution in [2.45, 2.75) is 37.9 Å². The maximum atomic E-state index is 12.7. The molecule has 2 aliphatic rings. The number of hydrogen-bond donors (Lipinski definition) is 0. The largest absolute Gasteiger partial charge is 0.474 e. The summed E-state index contributed by atoms with van der Waals surface area (Å²) in [6.45, 7) is 2.71. The number of carbonyl (C=O) groups excluding carboxylic acids is 1. The minimum Gasteiger partial charge on any atom is -0.474 e. The van der Waals surface area contributed by atoms with E-state index in [-0.39, 0.29) is 18.1 Å². The lowest BCUT2D eigenvalue weighted by Gasteiger charge is -2.31. The number of rotatable bonds is 5. The van der Waals surface area contributed by atoms with E-state index in [1.807, 2.05) is 4.90 Å². The number of nitrogens with zero attached hydrogens (tertiary/aromatic N) is 4. The van der Waals surface area contributed by atoms with Crippen molar-refractivity contribution in [2.75, 3.05) is 26.3 Å². The zero-order chi connectivity index (χ0) is 19.2. The monoisotopic (exact) mass is 384 g/mol. The minimum atomic E-state index is -0.0143. The van der Waals surface area contributed by atoms with Gasteiger partial charge in [0.1, 0.15) is 12.2 Å². The van der Waals surface area contributed by atoms with Crippen LogP contribution in [0.5, 0.6) is 11.9 Å². The van der Waals surface area contributed by atoms with E-state index < -0.39 is 0 Å². The molecule has 0 aliphatic carbocycles. The molecule has 2 saturated heterocycles. The number of carbonyl (C=O) groups is 1. The fraction of sp³-hybridized carbons (Fsp3) is 0.500. The molecule has 8 nitrogen and oxygen atoms in total. The number of ether oxygens (including phenoxy) is 3. The van der Waals surface area contributed by atoms with E-state index >= 15 is 0 Å². The molecule has 0 atom stereocenters. The fourth-order valence-corrected chi connectivity index (χ4v) is 3.40. The molecule has 0 saturated carbocycles. The third-order valence-electron chi connectivity index (χ3n) is 4.98. The van der Waals surface area contributed by atoms with Crippen molar-refractivity contribution in [2.24, 2.45) is 0 Å². The first-order chi connectivity index (χ1) is 13.8. The third kappa shape index (κ3) is 4.75. The van der Waals surface area contributed by atoms with Crippen molar-refractivity contribution in [3.8, 4) is 11.9 Å². The standard InChI is InChI=1S/C20H24N4O4/c25-19(15-2-3-18(23-14-15)27-17-6-12-26-13-7-17)24-10-4-16(5-11-24)28-20-21-8-1-9-22-20/h1-3,8-9,14,16-17H,4-7,10-13H2. The SMILES string of the molecule is O=C(c1ccc(OC2CCOCC2)nc1)N1CCC(Oc2ncccn2)CC1. The summed E-state index contributed by atoms with van der Waals surface area (Å²) in [5.74, 6) is 0.540. The molecule has 2 aliphatic heterocycles. The highest BCUT2D eigenvalue weighted by molar-refractivity contribution is 5.94. The Kier molecular flexibility index (Phi) is 5.96. The zero-order valence-electron chi connectivity index (χ0n) is 15.7. The normalized spacial score (nSPS) is 18.6. The molecular weight excluding hydrogens is 360 g/mol. The van der Waals surface area contributed by atoms with E-state index in [0.29, 0.717) is 30.5 Å². The number of pyridine rings is 1. The molecule has 2 fully saturated rings. The van der Waals surface area contributed by atoms with Gasteiger partial charge < -0.3 is 19.1 Å². The van der Waals surface area contributed by atoms with Gasteiger partial charge in [-0.1, -0.05) is 0 Å². The van der Waals surface area contributed by atoms with E-state index in [0.717, 1.165) is 38.9 Å². The average Bonchev–Trinajstić information content (AvgIpc) is 2.76. The number of piperidine rings is 1. The summed E-state index contributed by atoms with van der Waals surface area (Å²) in [6.07, 6.45) is 8.31. The van der Waals surface area contributed by atoms with E-state index in [9.17, 15) is 4.79 Å². The summed E-state index contributed by atoms with van der Waals surface area (Å²) >= 11 is 0. The Balaban J connectivity index is 1.27. The number of likely N-dealkylation sites (tertiary alicyclic amines) is 1. The second-order valence-electron chi connectivity index (χ2n) is 6.96. The van der Waals surface area contributed by atoms with Gasteiger partial charge in [-0.05, 0) is 12.1 Å². The van der Waals surface area contributed by atoms with Crippen LogP contribution in [0, 0.1) is 0 Å². The number of aromatic nitrogens is 3. The lowest BCUT2D eigenvalue weighted by molar-refractivity contribution is 0.0237. The topological polar surface area (TPSA) is 86.7 Å². The van der Waals surface area contributed by atoms with Gasteiger partial charge >= 0.3 is 6.01 Å². The second-order valence-corrected chi connectivity index (χ2v) is 6.96. The van der Waals surface area contributed by atoms with Crippen molar-refractivity contribution in [1.29, 1.82) is 0 Å². The van der Waals surface area contributed by atoms with Gasteiger partial charge in [0.05, 0.1) is 18.8 Å². The minimum absolute atomic E-state index is 0.0143. The molecule has 2 aromatic heterocycles. The Morgan fingerprint density at radius 1 is 0.964 bits per heavy atom. The molecule has 4 rings (SSSR count). The van der Waals surface area contributed by atoms with E-state index in [2.05, 4.69) is 15.0 Å². The first-order valence-corrected chi connectivity index (χ1v) is 9.71. The highest BCUT2D eigenvalue weighted by atomic mass is 16.5. The van der Waals surface area contributed by atoms with Gasteiger partial charge in [0, 0.05) is 63.4 Å². The van der Waals surface area contributed by atoms with Crippen LogP contribution in [0.1, 0.15) is 36.0 Å². The van der Waals surface area contributed by atoms with Crippen LogP contribution in [0.4, 0.5) is 0 Å². The van der Waals surface area contributed by atoms with Gasteiger partial charge in [0.15, 0.2) is 0 Å². The van der Waals surface area contributed by atoms with Crippen LogP contribution < -0.4 is 9.47 Å². The van der Waals surface area contributed by atoms with Crippen LogP contribution in [0.25, 0.3) is 0 Å². The summed E-state index contributed by atoms with van der Waals surface area (Å²) in [4.78, 5) is 27.0. The van der Waals surface area contributed by atoms with Gasteiger partial charge in [0.25, 0.3) is 5.91 Å². The molecule has 4 heterocycles. The van der Waals surface area contributed by atoms with Crippen molar-refractivity contribution in [3.63, 3.8) is 0 Å². The first-order valence-electron chi connectivity index (χ1n) is 9.71. The molecule has 148 valence electrons. The van der Waals surface area contributed by atoms with Crippen molar-refractivity contribution in [1.82, 2.24) is 19.9 Å². The molecule has 0 bridgehead atoms. The van der Waals surface area contributed by atoms with Gasteiger partial charge in [-0.2, -0.15) is 0 Å². The summed E-state index contributed by atoms with van der Waals surface area (Å²) in [5, 5.41) is 0. The summed E-state index contributed by atoms with van der Waals surface area (Å²) in [5.41, 5.74) is 0.574. The van der Waals surface area contributed by atoms with E-state index in [4.69, 9.17) is 14.2 Å². The Bertz CT molecular complexity index is 758. The Morgan fingerprint density at radius 2 is 1.68 bits per heavy atom. The zero-order valence-corrected chi connectivity index (χ0v) is 15.7. The molecule has 0 spiro atoms. The first kappa shape index (κ1) is 18.6. The predicted molar refractivity (Wildman–Crippen MR) is 100 cm³/mol. The molecule has 1 amide bonds. The Hall–Kier alpha value is -2.74. The molecule has 0 N–H and O–H groups in total. The highest BCUT2D eigenvalue weighted by Crippen LogP contribution is 2.19. The molecule has 0 radical (unpaired) electrons. The van der Waals surface area contributed by atoms with E-state index in [1.165, 1.54) is 0 Å². The second kappa shape index (κ2) is 8.97. The van der Waals surface area contributed by atoms with Crippen molar-refractivity contribution < 1.29 is 19.0 Å². The number of amides is 1. The molecule has 8 heteroatoms. The Morgan fingerprint density at radius 3 is 2.36 bits per heavy atom. The maximum absolute atomic E-state index is 12.7. The van der Waals surface area contributed by atoms with Crippen LogP contribution in [-0.4, -0.2) is 64.3 Å². The van der Waals surface area contributed by atoms with Crippen LogP contribution >= 0.6 is 0 Å². The smallest absolute Gasteiger partial charge is 0.316 e. The van der Waals surface area contributed by atoms with Crippen LogP contribution in [-0.2, 0) is 4.74 Å². The van der Waals surface area contributed by atoms with Crippen molar-refractivity contribution in [3.05, 3.63) is 42.4 Å². The highest BCUT2D eigenvalue weighted by Gasteiger charge is 2.25. The van der Waals surface area contributed by atoms with E-state index in [1.54, 1.807) is 36.8 Å². The van der Waals surface area contributed by atoms with Crippen LogP contribution in [0.2, 0.25) is 0 Å². The molecule has 2 aromatic rings. The van der Waals surface area contributed by atoms with Gasteiger partial charge in [-0.25, -0.2) is 15.0 Å². The lowest BCUT2D eigenvalue weighted by Crippen LogP contribution is -2.42. The average molecular weight is 384 g/mol. The molecule has 0 aromatic carbocycles. The summed E-state index contributed by atoms with van der Waals surface area (Å²) in [6, 6.07) is 5.69. The quantitative estimate of drug-likeness (QED) is 0.780. The van der Waals surface area contributed by atoms with Crippen LogP contribution in [0.15, 0.2) is 36.8 Å². The summed E-state index contributed by atoms with van der Waals surface area (Å²) < 4.78 is 17.0. The molecular formula is C20H24N4O4. The summed E-state index contributed by atoms with van der Waals surface area (Å²) in [7, 11) is 0. The lowest BCUT2D eigenvalue weighted by atomic mass is 10.1. The Labute approximate surface area is 163 Å². The molecule has 28 heavy (non-hydrogen) atoms. The van der Waals surface area contributed by atoms with Gasteiger partial charge in [0.2, 0.25) is 5.88 Å². The predicted octanol–water partition coefficient (Wildman–Crippen LogP) is 2.11.